The number of ether oxygens (including phenoxy) is 1. The van der Waals surface area contributed by atoms with Gasteiger partial charge in [0.25, 0.3) is 0 Å². The van der Waals surface area contributed by atoms with Crippen molar-refractivity contribution < 1.29 is 9.15 Å². The number of methoxy groups -OCH3 is 1. The van der Waals surface area contributed by atoms with Crippen LogP contribution in [0.25, 0.3) is 11.1 Å². The van der Waals surface area contributed by atoms with Gasteiger partial charge in [-0.2, -0.15) is 0 Å². The van der Waals surface area contributed by atoms with Crippen molar-refractivity contribution in [3.63, 3.8) is 0 Å². The molecule has 1 fully saturated rings. The van der Waals surface area contributed by atoms with Crippen molar-refractivity contribution in [3.8, 4) is 0 Å². The number of nitrogens with one attached hydrogen (secondary N) is 1. The molecule has 1 aliphatic rings. The van der Waals surface area contributed by atoms with Gasteiger partial charge in [0.2, 0.25) is 0 Å². The van der Waals surface area contributed by atoms with Gasteiger partial charge in [-0.05, 0) is 43.9 Å². The number of hydrogen-bond acceptors (Lipinski definition) is 4. The lowest BCUT2D eigenvalue weighted by atomic mass is 9.93. The Morgan fingerprint density at radius 3 is 2.79 bits per heavy atom. The lowest BCUT2D eigenvalue weighted by Crippen LogP contribution is -2.29. The molecule has 4 nitrogen and oxygen atoms in total. The SMILES string of the molecule is COC1CCC(Nc2ccc3oc(C)nc3c2)CC1. The molecule has 0 unspecified atom stereocenters. The standard InChI is InChI=1S/C15H20N2O2/c1-10-16-14-9-12(5-8-15(14)19-10)17-11-3-6-13(18-2)7-4-11/h5,8-9,11,13,17H,3-4,6-7H2,1-2H3. The summed E-state index contributed by atoms with van der Waals surface area (Å²) in [5.41, 5.74) is 2.90. The first-order valence-corrected chi connectivity index (χ1v) is 6.91. The number of hydrogen-bond donors (Lipinski definition) is 1. The first-order valence-electron chi connectivity index (χ1n) is 6.91. The maximum absolute atomic E-state index is 5.49. The molecular weight excluding hydrogens is 240 g/mol. The maximum atomic E-state index is 5.49. The summed E-state index contributed by atoms with van der Waals surface area (Å²) in [6.07, 6.45) is 5.04. The summed E-state index contributed by atoms with van der Waals surface area (Å²) in [5.74, 6) is 0.716. The normalized spacial score (nSPS) is 23.7. The second-order valence-corrected chi connectivity index (χ2v) is 5.27. The van der Waals surface area contributed by atoms with Crippen LogP contribution in [0.15, 0.2) is 22.6 Å². The molecule has 1 aliphatic carbocycles. The van der Waals surface area contributed by atoms with Gasteiger partial charge in [0, 0.05) is 25.8 Å². The van der Waals surface area contributed by atoms with Crippen LogP contribution in [0.5, 0.6) is 0 Å². The monoisotopic (exact) mass is 260 g/mol. The van der Waals surface area contributed by atoms with Crippen LogP contribution in [0, 0.1) is 6.92 Å². The number of rotatable bonds is 3. The van der Waals surface area contributed by atoms with Gasteiger partial charge < -0.3 is 14.5 Å². The molecule has 0 spiro atoms. The molecule has 0 atom stereocenters. The van der Waals surface area contributed by atoms with E-state index in [-0.39, 0.29) is 0 Å². The highest BCUT2D eigenvalue weighted by Crippen LogP contribution is 2.25. The third-order valence-corrected chi connectivity index (χ3v) is 3.87. The molecule has 0 saturated heterocycles. The average Bonchev–Trinajstić information content (AvgIpc) is 2.79. The molecule has 0 amide bonds. The van der Waals surface area contributed by atoms with E-state index in [1.165, 1.54) is 0 Å². The second kappa shape index (κ2) is 5.21. The number of oxazole rings is 1. The van der Waals surface area contributed by atoms with E-state index < -0.39 is 0 Å². The van der Waals surface area contributed by atoms with Crippen molar-refractivity contribution in [2.24, 2.45) is 0 Å². The first-order chi connectivity index (χ1) is 9.24. The molecule has 102 valence electrons. The maximum Gasteiger partial charge on any atom is 0.192 e. The highest BCUT2D eigenvalue weighted by molar-refractivity contribution is 5.77. The van der Waals surface area contributed by atoms with Crippen molar-refractivity contribution in [2.45, 2.75) is 44.8 Å². The molecule has 1 N–H and O–H groups in total. The topological polar surface area (TPSA) is 47.3 Å². The molecule has 1 saturated carbocycles. The number of benzene rings is 1. The van der Waals surface area contributed by atoms with Gasteiger partial charge in [0.05, 0.1) is 6.10 Å². The minimum atomic E-state index is 0.443. The highest BCUT2D eigenvalue weighted by atomic mass is 16.5. The van der Waals surface area contributed by atoms with E-state index in [4.69, 9.17) is 9.15 Å². The van der Waals surface area contributed by atoms with E-state index in [1.54, 1.807) is 7.11 Å². The van der Waals surface area contributed by atoms with Gasteiger partial charge in [-0.25, -0.2) is 4.98 Å². The van der Waals surface area contributed by atoms with Crippen LogP contribution in [-0.2, 0) is 4.74 Å². The number of anilines is 1. The fourth-order valence-corrected chi connectivity index (χ4v) is 2.81. The summed E-state index contributed by atoms with van der Waals surface area (Å²) in [7, 11) is 1.80. The Hall–Kier alpha value is -1.55. The van der Waals surface area contributed by atoms with Gasteiger partial charge in [-0.3, -0.25) is 0 Å². The number of nitrogens with zero attached hydrogens (tertiary/aromatic N) is 1. The number of aromatic nitrogens is 1. The molecular formula is C15H20N2O2. The van der Waals surface area contributed by atoms with Crippen LogP contribution in [-0.4, -0.2) is 24.2 Å². The lowest BCUT2D eigenvalue weighted by Gasteiger charge is -2.28. The van der Waals surface area contributed by atoms with Crippen molar-refractivity contribution in [1.29, 1.82) is 0 Å². The minimum Gasteiger partial charge on any atom is -0.441 e. The van der Waals surface area contributed by atoms with Gasteiger partial charge in [-0.1, -0.05) is 0 Å². The Labute approximate surface area is 113 Å². The zero-order chi connectivity index (χ0) is 13.2. The molecule has 4 heteroatoms. The second-order valence-electron chi connectivity index (χ2n) is 5.27. The predicted octanol–water partition coefficient (Wildman–Crippen LogP) is 3.51. The predicted molar refractivity (Wildman–Crippen MR) is 75.4 cm³/mol. The summed E-state index contributed by atoms with van der Waals surface area (Å²) < 4.78 is 10.9. The van der Waals surface area contributed by atoms with Crippen molar-refractivity contribution in [3.05, 3.63) is 24.1 Å². The van der Waals surface area contributed by atoms with Crippen LogP contribution in [0.4, 0.5) is 5.69 Å². The summed E-state index contributed by atoms with van der Waals surface area (Å²) in [6, 6.07) is 6.65. The van der Waals surface area contributed by atoms with E-state index in [2.05, 4.69) is 22.4 Å². The minimum absolute atomic E-state index is 0.443. The Bertz CT molecular complexity index is 556. The summed E-state index contributed by atoms with van der Waals surface area (Å²) in [6.45, 7) is 1.87. The summed E-state index contributed by atoms with van der Waals surface area (Å²) in [5, 5.41) is 3.59. The molecule has 0 bridgehead atoms. The molecule has 19 heavy (non-hydrogen) atoms. The van der Waals surface area contributed by atoms with Crippen LogP contribution in [0.2, 0.25) is 0 Å². The Balaban J connectivity index is 1.68. The molecule has 1 heterocycles. The van der Waals surface area contributed by atoms with E-state index in [1.807, 2.05) is 13.0 Å². The third-order valence-electron chi connectivity index (χ3n) is 3.87. The quantitative estimate of drug-likeness (QED) is 0.917. The third kappa shape index (κ3) is 2.73. The Kier molecular flexibility index (Phi) is 3.42. The molecule has 2 aromatic rings. The van der Waals surface area contributed by atoms with E-state index in [9.17, 15) is 0 Å². The van der Waals surface area contributed by atoms with Crippen LogP contribution in [0.3, 0.4) is 0 Å². The first kappa shape index (κ1) is 12.5. The summed E-state index contributed by atoms with van der Waals surface area (Å²) in [4.78, 5) is 4.37. The van der Waals surface area contributed by atoms with E-state index in [0.29, 0.717) is 18.0 Å². The molecule has 1 aromatic heterocycles. The molecule has 0 radical (unpaired) electrons. The zero-order valence-electron chi connectivity index (χ0n) is 11.5. The van der Waals surface area contributed by atoms with Crippen LogP contribution >= 0.6 is 0 Å². The smallest absolute Gasteiger partial charge is 0.192 e. The highest BCUT2D eigenvalue weighted by Gasteiger charge is 2.20. The molecule has 0 aliphatic heterocycles. The largest absolute Gasteiger partial charge is 0.441 e. The summed E-state index contributed by atoms with van der Waals surface area (Å²) >= 11 is 0. The number of fused-ring (bicyclic) bond motifs is 1. The van der Waals surface area contributed by atoms with Crippen molar-refractivity contribution in [1.82, 2.24) is 4.98 Å². The fourth-order valence-electron chi connectivity index (χ4n) is 2.81. The van der Waals surface area contributed by atoms with Crippen LogP contribution < -0.4 is 5.32 Å². The van der Waals surface area contributed by atoms with Crippen molar-refractivity contribution >= 4 is 16.8 Å². The van der Waals surface area contributed by atoms with Gasteiger partial charge in [-0.15, -0.1) is 0 Å². The van der Waals surface area contributed by atoms with E-state index in [0.717, 1.165) is 42.5 Å². The van der Waals surface area contributed by atoms with E-state index >= 15 is 0 Å². The van der Waals surface area contributed by atoms with Crippen LogP contribution in [0.1, 0.15) is 31.6 Å². The fraction of sp³-hybridized carbons (Fsp3) is 0.533. The molecule has 3 rings (SSSR count). The van der Waals surface area contributed by atoms with Gasteiger partial charge >= 0.3 is 0 Å². The van der Waals surface area contributed by atoms with Crippen molar-refractivity contribution in [2.75, 3.05) is 12.4 Å². The number of aryl methyl sites for hydroxylation is 1. The zero-order valence-corrected chi connectivity index (χ0v) is 11.5. The Morgan fingerprint density at radius 2 is 2.05 bits per heavy atom. The lowest BCUT2D eigenvalue weighted by molar-refractivity contribution is 0.0682. The average molecular weight is 260 g/mol. The van der Waals surface area contributed by atoms with Gasteiger partial charge in [0.1, 0.15) is 5.52 Å². The molecule has 1 aromatic carbocycles. The Morgan fingerprint density at radius 1 is 1.26 bits per heavy atom. The van der Waals surface area contributed by atoms with Gasteiger partial charge in [0.15, 0.2) is 11.5 Å².